The first-order valence-electron chi connectivity index (χ1n) is 12.3. The largest absolute Gasteiger partial charge is 0.326 e. The number of thiophene rings is 1. The number of aliphatic imine (C=N–C) groups is 1. The monoisotopic (exact) mass is 526 g/mol. The Hall–Kier alpha value is -2.94. The number of hydrogen-bond donors (Lipinski definition) is 4. The lowest BCUT2D eigenvalue weighted by Crippen LogP contribution is -2.31. The van der Waals surface area contributed by atoms with Gasteiger partial charge in [0.2, 0.25) is 21.9 Å². The highest BCUT2D eigenvalue weighted by Gasteiger charge is 2.36. The third-order valence-corrected chi connectivity index (χ3v) is 9.57. The summed E-state index contributed by atoms with van der Waals surface area (Å²) < 4.78 is 29.6. The molecule has 1 aromatic heterocycles. The molecule has 3 aliphatic rings. The number of carbonyl (C=O) groups is 1. The summed E-state index contributed by atoms with van der Waals surface area (Å²) in [7, 11) is -3.80. The van der Waals surface area contributed by atoms with Gasteiger partial charge in [0, 0.05) is 23.0 Å². The number of guanidine groups is 1. The molecule has 36 heavy (non-hydrogen) atoms. The van der Waals surface area contributed by atoms with Gasteiger partial charge in [0.25, 0.3) is 0 Å². The number of sulfonamides is 1. The fourth-order valence-electron chi connectivity index (χ4n) is 4.30. The molecule has 1 unspecified atom stereocenters. The lowest BCUT2D eigenvalue weighted by atomic mass is 9.95. The molecule has 1 atom stereocenters. The van der Waals surface area contributed by atoms with E-state index < -0.39 is 10.0 Å². The number of aryl methyl sites for hydroxylation is 2. The van der Waals surface area contributed by atoms with Crippen molar-refractivity contribution in [2.24, 2.45) is 16.8 Å². The molecule has 5 rings (SSSR count). The van der Waals surface area contributed by atoms with Gasteiger partial charge in [-0.3, -0.25) is 10.1 Å². The Bertz CT molecular complexity index is 1320. The Labute approximate surface area is 215 Å². The van der Waals surface area contributed by atoms with Gasteiger partial charge in [0.05, 0.1) is 6.04 Å². The first-order chi connectivity index (χ1) is 17.3. The van der Waals surface area contributed by atoms with Crippen molar-refractivity contribution >= 4 is 43.9 Å². The van der Waals surface area contributed by atoms with E-state index in [4.69, 9.17) is 4.99 Å². The molecule has 2 aromatic rings. The van der Waals surface area contributed by atoms with E-state index in [1.807, 2.05) is 37.4 Å². The number of nitrogens with zero attached hydrogens (tertiary/aromatic N) is 2. The van der Waals surface area contributed by atoms with Crippen LogP contribution in [0.3, 0.4) is 0 Å². The normalized spacial score (nSPS) is 19.8. The van der Waals surface area contributed by atoms with Crippen LogP contribution in [-0.2, 0) is 27.7 Å². The summed E-state index contributed by atoms with van der Waals surface area (Å²) in [5, 5.41) is 18.3. The van der Waals surface area contributed by atoms with E-state index in [1.54, 1.807) is 0 Å². The van der Waals surface area contributed by atoms with Crippen molar-refractivity contribution in [2.45, 2.75) is 62.8 Å². The third-order valence-electron chi connectivity index (χ3n) is 6.70. The van der Waals surface area contributed by atoms with Gasteiger partial charge in [-0.25, -0.2) is 18.1 Å². The summed E-state index contributed by atoms with van der Waals surface area (Å²) >= 11 is 1.36. The second kappa shape index (κ2) is 10.2. The van der Waals surface area contributed by atoms with Gasteiger partial charge < -0.3 is 10.6 Å². The van der Waals surface area contributed by atoms with E-state index in [0.29, 0.717) is 42.7 Å². The van der Waals surface area contributed by atoms with Crippen LogP contribution >= 0.6 is 11.3 Å². The summed E-state index contributed by atoms with van der Waals surface area (Å²) in [6.07, 6.45) is 7.47. The van der Waals surface area contributed by atoms with Crippen LogP contribution in [0, 0.1) is 30.2 Å². The summed E-state index contributed by atoms with van der Waals surface area (Å²) in [5.74, 6) is 0.584. The summed E-state index contributed by atoms with van der Waals surface area (Å²) in [6.45, 7) is 2.42. The molecule has 1 aromatic carbocycles. The molecule has 11 heteroatoms. The van der Waals surface area contributed by atoms with E-state index in [1.165, 1.54) is 11.3 Å². The van der Waals surface area contributed by atoms with Crippen LogP contribution in [-0.4, -0.2) is 32.9 Å². The van der Waals surface area contributed by atoms with Crippen LogP contribution < -0.4 is 20.7 Å². The molecule has 0 radical (unpaired) electrons. The van der Waals surface area contributed by atoms with E-state index in [-0.39, 0.29) is 22.8 Å². The minimum atomic E-state index is -3.80. The van der Waals surface area contributed by atoms with Crippen molar-refractivity contribution in [3.8, 4) is 6.19 Å². The summed E-state index contributed by atoms with van der Waals surface area (Å²) in [4.78, 5) is 18.4. The Morgan fingerprint density at radius 2 is 1.89 bits per heavy atom. The van der Waals surface area contributed by atoms with Gasteiger partial charge in [0.15, 0.2) is 6.19 Å². The van der Waals surface area contributed by atoms with Crippen molar-refractivity contribution < 1.29 is 13.2 Å². The standard InChI is InChI=1S/C25H30N6O3S2/c1-15-2-8-18(9-3-15)29-25(27-14-26)30-19-10-11-21-20(12-19)22(36(33,34)28-13-16-4-5-16)24(35-21)31-23(32)17-6-7-17/h2-3,8-9,16-17,19,28H,4-7,10-13H2,1H3,(H,31,32)(H2,27,29,30). The topological polar surface area (TPSA) is 135 Å². The van der Waals surface area contributed by atoms with Gasteiger partial charge in [0.1, 0.15) is 9.90 Å². The highest BCUT2D eigenvalue weighted by molar-refractivity contribution is 7.90. The number of benzene rings is 1. The summed E-state index contributed by atoms with van der Waals surface area (Å²) in [5.41, 5.74) is 2.64. The Morgan fingerprint density at radius 1 is 1.14 bits per heavy atom. The van der Waals surface area contributed by atoms with E-state index in [2.05, 4.69) is 20.7 Å². The van der Waals surface area contributed by atoms with Crippen LogP contribution in [0.5, 0.6) is 0 Å². The Balaban J connectivity index is 1.41. The zero-order valence-corrected chi connectivity index (χ0v) is 21.8. The fourth-order valence-corrected chi connectivity index (χ4v) is 7.39. The van der Waals surface area contributed by atoms with E-state index in [9.17, 15) is 18.5 Å². The molecule has 3 aliphatic carbocycles. The SMILES string of the molecule is Cc1ccc(NC(=NC2CCc3sc(NC(=O)C4CC4)c(S(=O)(=O)NCC4CC4)c3C2)NC#N)cc1. The Morgan fingerprint density at radius 3 is 2.56 bits per heavy atom. The minimum Gasteiger partial charge on any atom is -0.326 e. The third kappa shape index (κ3) is 5.88. The van der Waals surface area contributed by atoms with Gasteiger partial charge in [-0.05, 0) is 75.5 Å². The van der Waals surface area contributed by atoms with Crippen molar-refractivity contribution in [3.63, 3.8) is 0 Å². The molecular weight excluding hydrogens is 496 g/mol. The number of amides is 1. The van der Waals surface area contributed by atoms with Crippen LogP contribution in [0.15, 0.2) is 34.2 Å². The minimum absolute atomic E-state index is 0.0242. The fraction of sp³-hybridized carbons (Fsp3) is 0.480. The quantitative estimate of drug-likeness (QED) is 0.180. The van der Waals surface area contributed by atoms with Gasteiger partial charge in [-0.2, -0.15) is 5.26 Å². The first-order valence-corrected chi connectivity index (χ1v) is 14.6. The van der Waals surface area contributed by atoms with Gasteiger partial charge in [-0.1, -0.05) is 17.7 Å². The number of hydrogen-bond acceptors (Lipinski definition) is 6. The maximum Gasteiger partial charge on any atom is 0.243 e. The Kier molecular flexibility index (Phi) is 7.01. The van der Waals surface area contributed by atoms with E-state index in [0.717, 1.165) is 47.4 Å². The van der Waals surface area contributed by atoms with Crippen LogP contribution in [0.2, 0.25) is 0 Å². The van der Waals surface area contributed by atoms with E-state index >= 15 is 0 Å². The molecule has 9 nitrogen and oxygen atoms in total. The molecule has 4 N–H and O–H groups in total. The number of nitriles is 1. The van der Waals surface area contributed by atoms with Crippen molar-refractivity contribution in [1.82, 2.24) is 10.0 Å². The molecule has 1 heterocycles. The molecule has 2 saturated carbocycles. The predicted molar refractivity (Wildman–Crippen MR) is 140 cm³/mol. The molecule has 0 spiro atoms. The maximum absolute atomic E-state index is 13.4. The zero-order chi connectivity index (χ0) is 25.3. The average molecular weight is 527 g/mol. The molecule has 0 saturated heterocycles. The van der Waals surface area contributed by atoms with Crippen molar-refractivity contribution in [2.75, 3.05) is 17.2 Å². The molecule has 0 aliphatic heterocycles. The number of carbonyl (C=O) groups excluding carboxylic acids is 1. The number of rotatable bonds is 8. The van der Waals surface area contributed by atoms with Crippen LogP contribution in [0.1, 0.15) is 48.1 Å². The first kappa shape index (κ1) is 24.7. The second-order valence-electron chi connectivity index (χ2n) is 9.82. The lowest BCUT2D eigenvalue weighted by molar-refractivity contribution is -0.117. The predicted octanol–water partition coefficient (Wildman–Crippen LogP) is 3.49. The molecule has 2 fully saturated rings. The second-order valence-corrected chi connectivity index (χ2v) is 12.6. The van der Waals surface area contributed by atoms with Gasteiger partial charge >= 0.3 is 0 Å². The number of nitrogens with one attached hydrogen (secondary N) is 4. The highest BCUT2D eigenvalue weighted by atomic mass is 32.2. The van der Waals surface area contributed by atoms with Crippen molar-refractivity contribution in [1.29, 1.82) is 5.26 Å². The van der Waals surface area contributed by atoms with Crippen molar-refractivity contribution in [3.05, 3.63) is 40.3 Å². The summed E-state index contributed by atoms with van der Waals surface area (Å²) in [6, 6.07) is 7.53. The number of anilines is 2. The molecule has 190 valence electrons. The average Bonchev–Trinajstić information content (AvgIpc) is 3.76. The van der Waals surface area contributed by atoms with Crippen LogP contribution in [0.25, 0.3) is 0 Å². The highest BCUT2D eigenvalue weighted by Crippen LogP contribution is 2.43. The van der Waals surface area contributed by atoms with Crippen LogP contribution in [0.4, 0.5) is 10.7 Å². The zero-order valence-electron chi connectivity index (χ0n) is 20.1. The molecular formula is C25H30N6O3S2. The molecule has 0 bridgehead atoms. The smallest absolute Gasteiger partial charge is 0.243 e. The molecule has 1 amide bonds. The maximum atomic E-state index is 13.4. The number of fused-ring (bicyclic) bond motifs is 1. The van der Waals surface area contributed by atoms with Gasteiger partial charge in [-0.15, -0.1) is 11.3 Å². The lowest BCUT2D eigenvalue weighted by Gasteiger charge is -2.21.